The molecule has 0 bridgehead atoms. The maximum Gasteiger partial charge on any atom is 0.423 e. The van der Waals surface area contributed by atoms with E-state index in [-0.39, 0.29) is 0 Å². The van der Waals surface area contributed by atoms with E-state index in [0.29, 0.717) is 0 Å². The van der Waals surface area contributed by atoms with Crippen molar-refractivity contribution in [2.24, 2.45) is 0 Å². The van der Waals surface area contributed by atoms with Crippen molar-refractivity contribution in [3.05, 3.63) is 29.3 Å². The second-order valence-electron chi connectivity index (χ2n) is 9.15. The average Bonchev–Trinajstić information content (AvgIpc) is 2.87. The summed E-state index contributed by atoms with van der Waals surface area (Å²) < 4.78 is 23.0. The van der Waals surface area contributed by atoms with Crippen LogP contribution in [0.25, 0.3) is 0 Å². The molecular weight excluding hydrogens is 432 g/mol. The van der Waals surface area contributed by atoms with Crippen LogP contribution in [0.1, 0.15) is 89.2 Å². The van der Waals surface area contributed by atoms with E-state index in [1.54, 1.807) is 14.2 Å². The normalized spacial score (nSPS) is 18.5. The number of hydrogen-bond donors (Lipinski definition) is 0. The fraction of sp³-hybridized carbons (Fsp3) is 0.769. The van der Waals surface area contributed by atoms with Crippen molar-refractivity contribution in [2.75, 3.05) is 28.4 Å². The van der Waals surface area contributed by atoms with E-state index in [0.717, 1.165) is 23.9 Å². The summed E-state index contributed by atoms with van der Waals surface area (Å²) in [6.45, 7) is 4.37. The van der Waals surface area contributed by atoms with Gasteiger partial charge in [-0.15, -0.1) is 0 Å². The molecule has 32 heavy (non-hydrogen) atoms. The highest BCUT2D eigenvalue weighted by Crippen LogP contribution is 2.48. The zero-order valence-corrected chi connectivity index (χ0v) is 23.5. The van der Waals surface area contributed by atoms with Gasteiger partial charge in [0.1, 0.15) is 0 Å². The van der Waals surface area contributed by atoms with E-state index in [1.807, 2.05) is 14.2 Å². The summed E-state index contributed by atoms with van der Waals surface area (Å²) in [5.74, 6) is 0. The molecule has 0 aromatic heterocycles. The van der Waals surface area contributed by atoms with Crippen molar-refractivity contribution >= 4 is 23.0 Å². The van der Waals surface area contributed by atoms with Gasteiger partial charge in [-0.1, -0.05) is 70.6 Å². The van der Waals surface area contributed by atoms with Gasteiger partial charge < -0.3 is 17.7 Å². The first-order valence-electron chi connectivity index (χ1n) is 12.8. The summed E-state index contributed by atoms with van der Waals surface area (Å²) in [7, 11) is 4.05. The van der Waals surface area contributed by atoms with E-state index in [9.17, 15) is 0 Å². The predicted molar refractivity (Wildman–Crippen MR) is 138 cm³/mol. The summed E-state index contributed by atoms with van der Waals surface area (Å²) in [6, 6.07) is 6.41. The Balaban J connectivity index is 0.000000229. The van der Waals surface area contributed by atoms with Gasteiger partial charge in [0.25, 0.3) is 0 Å². The number of benzene rings is 1. The predicted octanol–water partition coefficient (Wildman–Crippen LogP) is 6.19. The molecular formula is C26H47O4Si2. The van der Waals surface area contributed by atoms with Crippen molar-refractivity contribution in [3.8, 4) is 0 Å². The third-order valence-corrected chi connectivity index (χ3v) is 13.9. The lowest BCUT2D eigenvalue weighted by molar-refractivity contribution is 0.193. The van der Waals surface area contributed by atoms with Gasteiger partial charge in [-0.3, -0.25) is 0 Å². The molecule has 2 saturated carbocycles. The molecule has 183 valence electrons. The summed E-state index contributed by atoms with van der Waals surface area (Å²) in [6.07, 6.45) is 15.9. The average molecular weight is 480 g/mol. The van der Waals surface area contributed by atoms with Gasteiger partial charge in [0.2, 0.25) is 0 Å². The Morgan fingerprint density at radius 1 is 0.750 bits per heavy atom. The lowest BCUT2D eigenvalue weighted by Crippen LogP contribution is -2.50. The lowest BCUT2D eigenvalue weighted by atomic mass is 9.99. The monoisotopic (exact) mass is 479 g/mol. The van der Waals surface area contributed by atoms with Crippen molar-refractivity contribution in [1.82, 2.24) is 0 Å². The minimum atomic E-state index is -1.94. The van der Waals surface area contributed by atoms with E-state index in [2.05, 4.69) is 32.0 Å². The highest BCUT2D eigenvalue weighted by molar-refractivity contribution is 6.70. The van der Waals surface area contributed by atoms with Crippen LogP contribution in [0, 0.1) is 0 Å². The van der Waals surface area contributed by atoms with Gasteiger partial charge in [-0.05, 0) is 54.8 Å². The van der Waals surface area contributed by atoms with Gasteiger partial charge >= 0.3 is 17.8 Å². The zero-order valence-electron chi connectivity index (χ0n) is 21.5. The van der Waals surface area contributed by atoms with E-state index < -0.39 is 17.8 Å². The molecule has 0 heterocycles. The fourth-order valence-electron chi connectivity index (χ4n) is 5.97. The number of hydrogen-bond acceptors (Lipinski definition) is 4. The summed E-state index contributed by atoms with van der Waals surface area (Å²) in [5, 5.41) is 1.26. The van der Waals surface area contributed by atoms with Gasteiger partial charge in [0.15, 0.2) is 0 Å². The molecule has 0 spiro atoms. The minimum absolute atomic E-state index is 0.759. The first-order valence-corrected chi connectivity index (χ1v) is 16.1. The highest BCUT2D eigenvalue weighted by atomic mass is 28.4. The van der Waals surface area contributed by atoms with E-state index in [4.69, 9.17) is 17.7 Å². The van der Waals surface area contributed by atoms with Gasteiger partial charge in [-0.2, -0.15) is 0 Å². The maximum absolute atomic E-state index is 6.08. The first-order chi connectivity index (χ1) is 15.6. The Hall–Kier alpha value is -0.506. The molecule has 3 rings (SSSR count). The molecule has 4 nitrogen and oxygen atoms in total. The second-order valence-corrected chi connectivity index (χ2v) is 15.0. The smallest absolute Gasteiger partial charge is 0.397 e. The Labute approximate surface area is 200 Å². The van der Waals surface area contributed by atoms with Crippen LogP contribution < -0.4 is 5.19 Å². The van der Waals surface area contributed by atoms with Crippen LogP contribution in [0.3, 0.4) is 0 Å². The molecule has 1 radical (unpaired) electrons. The second kappa shape index (κ2) is 14.7. The Bertz CT molecular complexity index is 615. The molecule has 0 unspecified atom stereocenters. The Morgan fingerprint density at radius 3 is 1.62 bits per heavy atom. The van der Waals surface area contributed by atoms with Crippen LogP contribution >= 0.6 is 0 Å². The Kier molecular flexibility index (Phi) is 12.7. The maximum atomic E-state index is 6.08. The molecule has 0 saturated heterocycles. The molecule has 1 aromatic rings. The minimum Gasteiger partial charge on any atom is -0.397 e. The summed E-state index contributed by atoms with van der Waals surface area (Å²) in [5.41, 5.74) is 4.33. The van der Waals surface area contributed by atoms with Crippen LogP contribution in [0.15, 0.2) is 18.2 Å². The Morgan fingerprint density at radius 2 is 1.25 bits per heavy atom. The van der Waals surface area contributed by atoms with E-state index in [1.165, 1.54) is 80.5 Å². The molecule has 2 aliphatic carbocycles. The largest absolute Gasteiger partial charge is 0.423 e. The summed E-state index contributed by atoms with van der Waals surface area (Å²) in [4.78, 5) is 0. The molecule has 0 atom stereocenters. The first kappa shape index (κ1) is 27.7. The van der Waals surface area contributed by atoms with Crippen LogP contribution in [0.4, 0.5) is 0 Å². The van der Waals surface area contributed by atoms with Gasteiger partial charge in [-0.25, -0.2) is 0 Å². The van der Waals surface area contributed by atoms with Crippen molar-refractivity contribution in [1.29, 1.82) is 0 Å². The lowest BCUT2D eigenvalue weighted by Gasteiger charge is -2.43. The number of rotatable bonds is 9. The van der Waals surface area contributed by atoms with Gasteiger partial charge in [0, 0.05) is 39.5 Å². The molecule has 1 aromatic carbocycles. The fourth-order valence-corrected chi connectivity index (χ4v) is 12.0. The third kappa shape index (κ3) is 6.77. The molecule has 2 aliphatic rings. The molecule has 0 aliphatic heterocycles. The molecule has 0 N–H and O–H groups in total. The molecule has 6 heteroatoms. The third-order valence-electron chi connectivity index (χ3n) is 7.58. The number of aryl methyl sites for hydroxylation is 1. The van der Waals surface area contributed by atoms with Gasteiger partial charge in [0.05, 0.1) is 0 Å². The summed E-state index contributed by atoms with van der Waals surface area (Å²) >= 11 is 0. The topological polar surface area (TPSA) is 36.9 Å². The van der Waals surface area contributed by atoms with Crippen molar-refractivity contribution < 1.29 is 17.7 Å². The van der Waals surface area contributed by atoms with Crippen LogP contribution in [0.2, 0.25) is 11.1 Å². The van der Waals surface area contributed by atoms with Crippen LogP contribution in [-0.4, -0.2) is 46.3 Å². The van der Waals surface area contributed by atoms with Crippen LogP contribution in [0.5, 0.6) is 0 Å². The molecule has 0 amide bonds. The van der Waals surface area contributed by atoms with Crippen molar-refractivity contribution in [3.63, 3.8) is 0 Å². The standard InChI is InChI=1S/C14H28O2Si.C12H19O2Si/c1-15-17(16-2,13-9-5-3-6-10-13)14-11-7-4-8-12-14;1-5-10-8-7-9-12(11(10)6-2)15(13-3)14-4/h13-14H,3-12H2,1-2H3;7-9H,5-6H2,1-4H3. The highest BCUT2D eigenvalue weighted by Gasteiger charge is 2.51. The van der Waals surface area contributed by atoms with Crippen LogP contribution in [-0.2, 0) is 30.5 Å². The van der Waals surface area contributed by atoms with E-state index >= 15 is 0 Å². The quantitative estimate of drug-likeness (QED) is 0.396. The molecule has 2 fully saturated rings. The zero-order chi connectivity index (χ0) is 23.4. The van der Waals surface area contributed by atoms with Crippen molar-refractivity contribution in [2.45, 2.75) is 102 Å². The SMILES string of the molecule is CCc1cccc([Si](OC)OC)c1CC.CO[Si](OC)(C1CCCCC1)C1CCCCC1.